The number of ether oxygens (including phenoxy) is 2. The van der Waals surface area contributed by atoms with Crippen molar-refractivity contribution in [2.45, 2.75) is 6.42 Å². The summed E-state index contributed by atoms with van der Waals surface area (Å²) in [5.74, 6) is 1.20. The zero-order valence-electron chi connectivity index (χ0n) is 10.1. The van der Waals surface area contributed by atoms with Gasteiger partial charge in [0, 0.05) is 12.5 Å². The largest absolute Gasteiger partial charge is 0.504 e. The van der Waals surface area contributed by atoms with E-state index in [-0.39, 0.29) is 5.75 Å². The maximum absolute atomic E-state index is 9.93. The van der Waals surface area contributed by atoms with Gasteiger partial charge in [0.2, 0.25) is 0 Å². The third kappa shape index (κ3) is 2.27. The summed E-state index contributed by atoms with van der Waals surface area (Å²) in [5.41, 5.74) is 0. The number of hydrogen-bond donors (Lipinski definition) is 1. The SMILES string of the molecule is Oc1cc2ccccc2cc1OCC1CCOC1. The number of phenols is 1. The molecule has 94 valence electrons. The monoisotopic (exact) mass is 244 g/mol. The normalized spacial score (nSPS) is 19.2. The van der Waals surface area contributed by atoms with E-state index in [4.69, 9.17) is 9.47 Å². The minimum absolute atomic E-state index is 0.201. The summed E-state index contributed by atoms with van der Waals surface area (Å²) in [5, 5.41) is 12.0. The van der Waals surface area contributed by atoms with Crippen molar-refractivity contribution < 1.29 is 14.6 Å². The molecular weight excluding hydrogens is 228 g/mol. The van der Waals surface area contributed by atoms with Crippen LogP contribution in [0, 0.1) is 5.92 Å². The summed E-state index contributed by atoms with van der Waals surface area (Å²) in [7, 11) is 0. The second kappa shape index (κ2) is 4.86. The maximum atomic E-state index is 9.93. The van der Waals surface area contributed by atoms with Gasteiger partial charge in [0.05, 0.1) is 13.2 Å². The van der Waals surface area contributed by atoms with Gasteiger partial charge in [-0.05, 0) is 29.3 Å². The Kier molecular flexibility index (Phi) is 3.07. The molecule has 18 heavy (non-hydrogen) atoms. The number of phenolic OH excluding ortho intramolecular Hbond substituents is 1. The molecule has 0 spiro atoms. The highest BCUT2D eigenvalue weighted by Gasteiger charge is 2.17. The average Bonchev–Trinajstić information content (AvgIpc) is 2.89. The predicted molar refractivity (Wildman–Crippen MR) is 70.0 cm³/mol. The van der Waals surface area contributed by atoms with Gasteiger partial charge in [0.1, 0.15) is 0 Å². The van der Waals surface area contributed by atoms with Crippen LogP contribution in [0.2, 0.25) is 0 Å². The van der Waals surface area contributed by atoms with Crippen molar-refractivity contribution in [3.8, 4) is 11.5 Å². The lowest BCUT2D eigenvalue weighted by molar-refractivity contribution is 0.166. The van der Waals surface area contributed by atoms with E-state index in [0.29, 0.717) is 18.3 Å². The standard InChI is InChI=1S/C15H16O3/c16-14-7-12-3-1-2-4-13(12)8-15(14)18-10-11-5-6-17-9-11/h1-4,7-8,11,16H,5-6,9-10H2. The molecule has 1 aliphatic heterocycles. The number of hydrogen-bond acceptors (Lipinski definition) is 3. The zero-order chi connectivity index (χ0) is 12.4. The van der Waals surface area contributed by atoms with E-state index in [9.17, 15) is 5.11 Å². The van der Waals surface area contributed by atoms with E-state index in [0.717, 1.165) is 30.4 Å². The van der Waals surface area contributed by atoms with E-state index in [1.165, 1.54) is 0 Å². The van der Waals surface area contributed by atoms with Crippen LogP contribution in [0.4, 0.5) is 0 Å². The Labute approximate surface area is 106 Å². The van der Waals surface area contributed by atoms with E-state index >= 15 is 0 Å². The van der Waals surface area contributed by atoms with E-state index in [2.05, 4.69) is 0 Å². The molecule has 0 aromatic heterocycles. The van der Waals surface area contributed by atoms with Crippen molar-refractivity contribution in [1.29, 1.82) is 0 Å². The molecule has 1 fully saturated rings. The minimum atomic E-state index is 0.201. The van der Waals surface area contributed by atoms with Crippen LogP contribution >= 0.6 is 0 Å². The molecule has 2 aromatic carbocycles. The van der Waals surface area contributed by atoms with Crippen LogP contribution in [-0.2, 0) is 4.74 Å². The summed E-state index contributed by atoms with van der Waals surface area (Å²) in [6.45, 7) is 2.18. The highest BCUT2D eigenvalue weighted by Crippen LogP contribution is 2.31. The number of rotatable bonds is 3. The molecule has 3 rings (SSSR count). The van der Waals surface area contributed by atoms with Crippen LogP contribution in [0.25, 0.3) is 10.8 Å². The van der Waals surface area contributed by atoms with E-state index in [1.54, 1.807) is 6.07 Å². The molecule has 0 radical (unpaired) electrons. The Morgan fingerprint density at radius 1 is 1.22 bits per heavy atom. The molecule has 0 saturated carbocycles. The molecule has 0 amide bonds. The Bertz CT molecular complexity index is 544. The van der Waals surface area contributed by atoms with Gasteiger partial charge in [0.25, 0.3) is 0 Å². The molecule has 2 aromatic rings. The van der Waals surface area contributed by atoms with Crippen LogP contribution in [-0.4, -0.2) is 24.9 Å². The quantitative estimate of drug-likeness (QED) is 0.902. The van der Waals surface area contributed by atoms with Gasteiger partial charge in [-0.15, -0.1) is 0 Å². The van der Waals surface area contributed by atoms with Crippen LogP contribution in [0.5, 0.6) is 11.5 Å². The summed E-state index contributed by atoms with van der Waals surface area (Å²) >= 11 is 0. The van der Waals surface area contributed by atoms with Crippen molar-refractivity contribution >= 4 is 10.8 Å². The first kappa shape index (κ1) is 11.4. The second-order valence-electron chi connectivity index (χ2n) is 4.71. The first-order valence-electron chi connectivity index (χ1n) is 6.25. The van der Waals surface area contributed by atoms with Gasteiger partial charge in [-0.1, -0.05) is 24.3 Å². The first-order chi connectivity index (χ1) is 8.83. The van der Waals surface area contributed by atoms with Gasteiger partial charge >= 0.3 is 0 Å². The molecule has 1 aliphatic rings. The van der Waals surface area contributed by atoms with Crippen molar-refractivity contribution in [2.24, 2.45) is 5.92 Å². The number of aromatic hydroxyl groups is 1. The average molecular weight is 244 g/mol. The molecular formula is C15H16O3. The van der Waals surface area contributed by atoms with Crippen LogP contribution in [0.15, 0.2) is 36.4 Å². The Hall–Kier alpha value is -1.74. The summed E-state index contributed by atoms with van der Waals surface area (Å²) in [6.07, 6.45) is 1.04. The smallest absolute Gasteiger partial charge is 0.161 e. The lowest BCUT2D eigenvalue weighted by Crippen LogP contribution is -2.11. The summed E-state index contributed by atoms with van der Waals surface area (Å²) in [6, 6.07) is 11.6. The van der Waals surface area contributed by atoms with Crippen molar-refractivity contribution in [1.82, 2.24) is 0 Å². The van der Waals surface area contributed by atoms with E-state index < -0.39 is 0 Å². The van der Waals surface area contributed by atoms with Gasteiger partial charge < -0.3 is 14.6 Å². The van der Waals surface area contributed by atoms with Gasteiger partial charge in [0.15, 0.2) is 11.5 Å². The fraction of sp³-hybridized carbons (Fsp3) is 0.333. The summed E-state index contributed by atoms with van der Waals surface area (Å²) < 4.78 is 11.0. The van der Waals surface area contributed by atoms with Crippen molar-refractivity contribution in [3.63, 3.8) is 0 Å². The highest BCUT2D eigenvalue weighted by molar-refractivity contribution is 5.85. The second-order valence-corrected chi connectivity index (χ2v) is 4.71. The summed E-state index contributed by atoms with van der Waals surface area (Å²) in [4.78, 5) is 0. The molecule has 1 N–H and O–H groups in total. The highest BCUT2D eigenvalue weighted by atomic mass is 16.5. The molecule has 1 unspecified atom stereocenters. The Morgan fingerprint density at radius 3 is 2.72 bits per heavy atom. The van der Waals surface area contributed by atoms with Gasteiger partial charge in [-0.2, -0.15) is 0 Å². The van der Waals surface area contributed by atoms with Crippen LogP contribution in [0.3, 0.4) is 0 Å². The van der Waals surface area contributed by atoms with E-state index in [1.807, 2.05) is 30.3 Å². The first-order valence-corrected chi connectivity index (χ1v) is 6.25. The van der Waals surface area contributed by atoms with Gasteiger partial charge in [-0.25, -0.2) is 0 Å². The third-order valence-electron chi connectivity index (χ3n) is 3.33. The Balaban J connectivity index is 1.80. The Morgan fingerprint density at radius 2 is 2.00 bits per heavy atom. The van der Waals surface area contributed by atoms with Gasteiger partial charge in [-0.3, -0.25) is 0 Å². The molecule has 1 saturated heterocycles. The topological polar surface area (TPSA) is 38.7 Å². The van der Waals surface area contributed by atoms with Crippen LogP contribution < -0.4 is 4.74 Å². The third-order valence-corrected chi connectivity index (χ3v) is 3.33. The zero-order valence-corrected chi connectivity index (χ0v) is 10.1. The lowest BCUT2D eigenvalue weighted by atomic mass is 10.1. The fourth-order valence-corrected chi connectivity index (χ4v) is 2.25. The molecule has 0 bridgehead atoms. The fourth-order valence-electron chi connectivity index (χ4n) is 2.25. The molecule has 1 heterocycles. The van der Waals surface area contributed by atoms with Crippen molar-refractivity contribution in [2.75, 3.05) is 19.8 Å². The van der Waals surface area contributed by atoms with Crippen LogP contribution in [0.1, 0.15) is 6.42 Å². The molecule has 1 atom stereocenters. The number of fused-ring (bicyclic) bond motifs is 1. The molecule has 3 heteroatoms. The maximum Gasteiger partial charge on any atom is 0.161 e. The lowest BCUT2D eigenvalue weighted by Gasteiger charge is -2.12. The number of benzene rings is 2. The van der Waals surface area contributed by atoms with Crippen molar-refractivity contribution in [3.05, 3.63) is 36.4 Å². The minimum Gasteiger partial charge on any atom is -0.504 e. The predicted octanol–water partition coefficient (Wildman–Crippen LogP) is 2.96. The molecule has 0 aliphatic carbocycles. The molecule has 3 nitrogen and oxygen atoms in total.